The molecule has 6 heteroatoms. The summed E-state index contributed by atoms with van der Waals surface area (Å²) in [5.74, 6) is 1.20. The molecule has 1 amide bonds. The number of hydrogen-bond acceptors (Lipinski definition) is 4. The van der Waals surface area contributed by atoms with Gasteiger partial charge in [0.1, 0.15) is 19.3 Å². The minimum atomic E-state index is -0.399. The topological polar surface area (TPSA) is 59.6 Å². The molecular weight excluding hydrogens is 316 g/mol. The fourth-order valence-corrected chi connectivity index (χ4v) is 2.36. The number of nitrogens with one attached hydrogen (secondary N) is 2. The highest BCUT2D eigenvalue weighted by molar-refractivity contribution is 6.30. The molecule has 0 aliphatic carbocycles. The first-order valence-corrected chi connectivity index (χ1v) is 7.72. The maximum atomic E-state index is 12.3. The summed E-state index contributed by atoms with van der Waals surface area (Å²) < 4.78 is 11.0. The Morgan fingerprint density at radius 1 is 1.04 bits per heavy atom. The maximum absolute atomic E-state index is 12.3. The molecule has 2 aromatic carbocycles. The first-order chi connectivity index (χ1) is 11.1. The Bertz CT molecular complexity index is 703. The number of fused-ring (bicyclic) bond motifs is 1. The average Bonchev–Trinajstić information content (AvgIpc) is 2.56. The summed E-state index contributed by atoms with van der Waals surface area (Å²) in [5.41, 5.74) is 1.50. The Balaban J connectivity index is 1.63. The van der Waals surface area contributed by atoms with E-state index in [1.54, 1.807) is 37.3 Å². The molecule has 0 saturated heterocycles. The molecule has 5 nitrogen and oxygen atoms in total. The molecule has 0 saturated carbocycles. The molecular formula is C17H17ClN2O3. The molecule has 0 unspecified atom stereocenters. The summed E-state index contributed by atoms with van der Waals surface area (Å²) in [7, 11) is 0. The zero-order valence-electron chi connectivity index (χ0n) is 12.6. The highest BCUT2D eigenvalue weighted by Gasteiger charge is 2.16. The second-order valence-corrected chi connectivity index (χ2v) is 5.66. The number of benzene rings is 2. The maximum Gasteiger partial charge on any atom is 0.246 e. The van der Waals surface area contributed by atoms with Crippen LogP contribution in [0.5, 0.6) is 11.5 Å². The van der Waals surface area contributed by atoms with Crippen LogP contribution in [-0.4, -0.2) is 25.2 Å². The monoisotopic (exact) mass is 332 g/mol. The van der Waals surface area contributed by atoms with Crippen molar-refractivity contribution in [1.82, 2.24) is 0 Å². The molecule has 120 valence electrons. The van der Waals surface area contributed by atoms with Gasteiger partial charge in [-0.25, -0.2) is 0 Å². The van der Waals surface area contributed by atoms with Crippen molar-refractivity contribution in [2.24, 2.45) is 0 Å². The van der Waals surface area contributed by atoms with E-state index >= 15 is 0 Å². The second-order valence-electron chi connectivity index (χ2n) is 5.22. The highest BCUT2D eigenvalue weighted by Crippen LogP contribution is 2.32. The smallest absolute Gasteiger partial charge is 0.246 e. The lowest BCUT2D eigenvalue weighted by Crippen LogP contribution is -2.31. The van der Waals surface area contributed by atoms with Crippen molar-refractivity contribution in [3.63, 3.8) is 0 Å². The zero-order valence-corrected chi connectivity index (χ0v) is 13.4. The summed E-state index contributed by atoms with van der Waals surface area (Å²) in [6.07, 6.45) is 0. The molecule has 2 aromatic rings. The Hall–Kier alpha value is -2.40. The van der Waals surface area contributed by atoms with Crippen LogP contribution in [0.1, 0.15) is 6.92 Å². The van der Waals surface area contributed by atoms with Gasteiger partial charge in [0.05, 0.1) is 0 Å². The van der Waals surface area contributed by atoms with Crippen molar-refractivity contribution >= 4 is 28.9 Å². The van der Waals surface area contributed by atoms with E-state index in [-0.39, 0.29) is 5.91 Å². The zero-order chi connectivity index (χ0) is 16.2. The first kappa shape index (κ1) is 15.5. The fourth-order valence-electron chi connectivity index (χ4n) is 2.23. The van der Waals surface area contributed by atoms with E-state index in [4.69, 9.17) is 21.1 Å². The predicted octanol–water partition coefficient (Wildman–Crippen LogP) is 3.55. The van der Waals surface area contributed by atoms with Gasteiger partial charge in [-0.2, -0.15) is 0 Å². The molecule has 0 spiro atoms. The van der Waals surface area contributed by atoms with Gasteiger partial charge in [0.15, 0.2) is 11.5 Å². The van der Waals surface area contributed by atoms with Crippen LogP contribution in [0.25, 0.3) is 0 Å². The normalized spacial score (nSPS) is 14.0. The van der Waals surface area contributed by atoms with Gasteiger partial charge in [-0.05, 0) is 43.3 Å². The Kier molecular flexibility index (Phi) is 4.57. The predicted molar refractivity (Wildman–Crippen MR) is 90.6 cm³/mol. The lowest BCUT2D eigenvalue weighted by atomic mass is 10.2. The van der Waals surface area contributed by atoms with Crippen LogP contribution in [-0.2, 0) is 4.79 Å². The number of carbonyl (C=O) groups excluding carboxylic acids is 1. The SMILES string of the molecule is C[C@@H](Nc1ccc(Cl)cc1)C(=O)Nc1ccc2c(c1)OCCO2. The summed E-state index contributed by atoms with van der Waals surface area (Å²) in [4.78, 5) is 12.3. The van der Waals surface area contributed by atoms with Crippen molar-refractivity contribution in [1.29, 1.82) is 0 Å². The van der Waals surface area contributed by atoms with Crippen molar-refractivity contribution in [2.45, 2.75) is 13.0 Å². The fraction of sp³-hybridized carbons (Fsp3) is 0.235. The minimum absolute atomic E-state index is 0.142. The van der Waals surface area contributed by atoms with Gasteiger partial charge >= 0.3 is 0 Å². The Morgan fingerprint density at radius 2 is 1.70 bits per heavy atom. The molecule has 0 radical (unpaired) electrons. The van der Waals surface area contributed by atoms with Gasteiger partial charge in [0, 0.05) is 22.5 Å². The summed E-state index contributed by atoms with van der Waals surface area (Å²) in [6, 6.07) is 12.2. The first-order valence-electron chi connectivity index (χ1n) is 7.34. The molecule has 1 aliphatic heterocycles. The molecule has 3 rings (SSSR count). The van der Waals surface area contributed by atoms with Crippen molar-refractivity contribution in [2.75, 3.05) is 23.8 Å². The molecule has 2 N–H and O–H groups in total. The minimum Gasteiger partial charge on any atom is -0.486 e. The van der Waals surface area contributed by atoms with Crippen LogP contribution in [0.15, 0.2) is 42.5 Å². The Labute approximate surface area is 139 Å². The molecule has 1 heterocycles. The lowest BCUT2D eigenvalue weighted by molar-refractivity contribution is -0.116. The third-order valence-corrected chi connectivity index (χ3v) is 3.68. The van der Waals surface area contributed by atoms with Crippen LogP contribution < -0.4 is 20.1 Å². The third kappa shape index (κ3) is 3.87. The van der Waals surface area contributed by atoms with Gasteiger partial charge in [0.25, 0.3) is 0 Å². The number of anilines is 2. The molecule has 1 atom stereocenters. The summed E-state index contributed by atoms with van der Waals surface area (Å²) >= 11 is 5.85. The number of ether oxygens (including phenoxy) is 2. The van der Waals surface area contributed by atoms with Crippen molar-refractivity contribution < 1.29 is 14.3 Å². The van der Waals surface area contributed by atoms with E-state index < -0.39 is 6.04 Å². The Morgan fingerprint density at radius 3 is 2.43 bits per heavy atom. The molecule has 23 heavy (non-hydrogen) atoms. The van der Waals surface area contributed by atoms with Crippen molar-refractivity contribution in [3.8, 4) is 11.5 Å². The number of hydrogen-bond donors (Lipinski definition) is 2. The highest BCUT2D eigenvalue weighted by atomic mass is 35.5. The van der Waals surface area contributed by atoms with Gasteiger partial charge in [-0.1, -0.05) is 11.6 Å². The average molecular weight is 333 g/mol. The number of carbonyl (C=O) groups is 1. The van der Waals surface area contributed by atoms with Crippen LogP contribution >= 0.6 is 11.6 Å². The van der Waals surface area contributed by atoms with Gasteiger partial charge < -0.3 is 20.1 Å². The number of halogens is 1. The number of amides is 1. The van der Waals surface area contributed by atoms with Crippen LogP contribution in [0.4, 0.5) is 11.4 Å². The standard InChI is InChI=1S/C17H17ClN2O3/c1-11(19-13-4-2-12(18)3-5-13)17(21)20-14-6-7-15-16(10-14)23-9-8-22-15/h2-7,10-11,19H,8-9H2,1H3,(H,20,21)/t11-/m1/s1. The van der Waals surface area contributed by atoms with E-state index in [1.165, 1.54) is 0 Å². The van der Waals surface area contributed by atoms with Crippen LogP contribution in [0.2, 0.25) is 5.02 Å². The van der Waals surface area contributed by atoms with Crippen LogP contribution in [0, 0.1) is 0 Å². The molecule has 1 aliphatic rings. The summed E-state index contributed by atoms with van der Waals surface area (Å²) in [5, 5.41) is 6.64. The van der Waals surface area contributed by atoms with Crippen molar-refractivity contribution in [3.05, 3.63) is 47.5 Å². The van der Waals surface area contributed by atoms with E-state index in [0.29, 0.717) is 35.4 Å². The molecule has 0 aromatic heterocycles. The molecule has 0 bridgehead atoms. The quantitative estimate of drug-likeness (QED) is 0.899. The van der Waals surface area contributed by atoms with Gasteiger partial charge in [-0.15, -0.1) is 0 Å². The lowest BCUT2D eigenvalue weighted by Gasteiger charge is -2.20. The van der Waals surface area contributed by atoms with Gasteiger partial charge in [0.2, 0.25) is 5.91 Å². The van der Waals surface area contributed by atoms with E-state index in [2.05, 4.69) is 10.6 Å². The van der Waals surface area contributed by atoms with E-state index in [1.807, 2.05) is 12.1 Å². The van der Waals surface area contributed by atoms with Gasteiger partial charge in [-0.3, -0.25) is 4.79 Å². The number of rotatable bonds is 4. The van der Waals surface area contributed by atoms with Crippen LogP contribution in [0.3, 0.4) is 0 Å². The largest absolute Gasteiger partial charge is 0.486 e. The second kappa shape index (κ2) is 6.79. The summed E-state index contributed by atoms with van der Waals surface area (Å²) in [6.45, 7) is 2.85. The molecule has 0 fully saturated rings. The van der Waals surface area contributed by atoms with E-state index in [0.717, 1.165) is 5.69 Å². The van der Waals surface area contributed by atoms with E-state index in [9.17, 15) is 4.79 Å². The third-order valence-electron chi connectivity index (χ3n) is 3.43.